The topological polar surface area (TPSA) is 75.7 Å². The Balaban J connectivity index is 1.43. The summed E-state index contributed by atoms with van der Waals surface area (Å²) in [6.07, 6.45) is 0.642. The number of carbonyl (C=O) groups is 1. The Morgan fingerprint density at radius 3 is 2.56 bits per heavy atom. The number of nitrogens with one attached hydrogen (secondary N) is 1. The molecule has 0 unspecified atom stereocenters. The van der Waals surface area contributed by atoms with Gasteiger partial charge in [-0.25, -0.2) is 8.42 Å². The van der Waals surface area contributed by atoms with Crippen molar-refractivity contribution in [2.75, 3.05) is 21.9 Å². The Kier molecular flexibility index (Phi) is 3.88. The lowest BCUT2D eigenvalue weighted by molar-refractivity contribution is -0.122. The van der Waals surface area contributed by atoms with E-state index >= 15 is 0 Å². The molecule has 1 atom stereocenters. The van der Waals surface area contributed by atoms with Crippen molar-refractivity contribution in [3.8, 4) is 5.75 Å². The number of rotatable bonds is 3. The van der Waals surface area contributed by atoms with Crippen molar-refractivity contribution in [1.29, 1.82) is 0 Å². The van der Waals surface area contributed by atoms with Crippen LogP contribution in [-0.2, 0) is 21.2 Å². The van der Waals surface area contributed by atoms with E-state index in [9.17, 15) is 13.2 Å². The zero-order valence-electron chi connectivity index (χ0n) is 13.5. The van der Waals surface area contributed by atoms with E-state index in [0.29, 0.717) is 30.8 Å². The number of anilines is 2. The summed E-state index contributed by atoms with van der Waals surface area (Å²) in [7, 11) is -3.19. The van der Waals surface area contributed by atoms with Gasteiger partial charge in [0.2, 0.25) is 10.0 Å². The standard InChI is InChI=1S/C18H18N2O4S/c21-18(17-12-13-4-1-2-5-16(13)24-17)19-14-6-8-15(9-7-14)20-10-3-11-25(20,22)23/h1-2,4-9,17H,3,10-12H2,(H,19,21)/t17-/m0/s1. The summed E-state index contributed by atoms with van der Waals surface area (Å²) in [4.78, 5) is 12.4. The predicted molar refractivity (Wildman–Crippen MR) is 95.4 cm³/mol. The van der Waals surface area contributed by atoms with Crippen LogP contribution in [0.15, 0.2) is 48.5 Å². The van der Waals surface area contributed by atoms with Crippen LogP contribution < -0.4 is 14.4 Å². The smallest absolute Gasteiger partial charge is 0.265 e. The van der Waals surface area contributed by atoms with Crippen LogP contribution in [0.5, 0.6) is 5.75 Å². The van der Waals surface area contributed by atoms with E-state index in [0.717, 1.165) is 11.3 Å². The van der Waals surface area contributed by atoms with E-state index in [1.54, 1.807) is 24.3 Å². The lowest BCUT2D eigenvalue weighted by atomic mass is 10.1. The first-order valence-corrected chi connectivity index (χ1v) is 9.80. The highest BCUT2D eigenvalue weighted by Gasteiger charge is 2.30. The summed E-state index contributed by atoms with van der Waals surface area (Å²) in [5.41, 5.74) is 2.27. The number of carbonyl (C=O) groups excluding carboxylic acids is 1. The molecule has 25 heavy (non-hydrogen) atoms. The minimum atomic E-state index is -3.19. The van der Waals surface area contributed by atoms with E-state index in [4.69, 9.17) is 4.74 Å². The van der Waals surface area contributed by atoms with Crippen LogP contribution in [0.2, 0.25) is 0 Å². The van der Waals surface area contributed by atoms with Gasteiger partial charge in [0, 0.05) is 18.7 Å². The van der Waals surface area contributed by atoms with E-state index in [-0.39, 0.29) is 11.7 Å². The van der Waals surface area contributed by atoms with Gasteiger partial charge in [0.15, 0.2) is 6.10 Å². The highest BCUT2D eigenvalue weighted by atomic mass is 32.2. The predicted octanol–water partition coefficient (Wildman–Crippen LogP) is 2.17. The molecule has 130 valence electrons. The second-order valence-corrected chi connectivity index (χ2v) is 8.21. The van der Waals surface area contributed by atoms with Crippen molar-refractivity contribution in [2.45, 2.75) is 18.9 Å². The minimum absolute atomic E-state index is 0.186. The van der Waals surface area contributed by atoms with Crippen molar-refractivity contribution in [1.82, 2.24) is 0 Å². The molecule has 2 heterocycles. The number of hydrogen-bond donors (Lipinski definition) is 1. The van der Waals surface area contributed by atoms with Crippen molar-refractivity contribution >= 4 is 27.3 Å². The number of sulfonamides is 1. The van der Waals surface area contributed by atoms with Crippen molar-refractivity contribution in [3.05, 3.63) is 54.1 Å². The molecule has 4 rings (SSSR count). The van der Waals surface area contributed by atoms with Crippen LogP contribution in [0.4, 0.5) is 11.4 Å². The number of fused-ring (bicyclic) bond motifs is 1. The molecule has 0 aromatic heterocycles. The van der Waals surface area contributed by atoms with Gasteiger partial charge in [-0.05, 0) is 42.3 Å². The monoisotopic (exact) mass is 358 g/mol. The summed E-state index contributed by atoms with van der Waals surface area (Å²) in [5, 5.41) is 2.83. The molecule has 0 spiro atoms. The molecule has 0 aliphatic carbocycles. The van der Waals surface area contributed by atoms with Gasteiger partial charge in [-0.2, -0.15) is 0 Å². The number of para-hydroxylation sites is 1. The van der Waals surface area contributed by atoms with Gasteiger partial charge in [-0.3, -0.25) is 9.10 Å². The zero-order valence-corrected chi connectivity index (χ0v) is 14.3. The molecule has 0 saturated carbocycles. The van der Waals surface area contributed by atoms with Gasteiger partial charge in [0.05, 0.1) is 11.4 Å². The van der Waals surface area contributed by atoms with Gasteiger partial charge in [-0.15, -0.1) is 0 Å². The molecule has 1 saturated heterocycles. The fraction of sp³-hybridized carbons (Fsp3) is 0.278. The van der Waals surface area contributed by atoms with E-state index in [2.05, 4.69) is 5.32 Å². The number of ether oxygens (including phenoxy) is 1. The highest BCUT2D eigenvalue weighted by molar-refractivity contribution is 7.93. The summed E-state index contributed by atoms with van der Waals surface area (Å²) < 4.78 is 31.0. The second kappa shape index (κ2) is 6.07. The van der Waals surface area contributed by atoms with Gasteiger partial charge in [-0.1, -0.05) is 18.2 Å². The molecular formula is C18H18N2O4S. The molecule has 2 aromatic carbocycles. The maximum Gasteiger partial charge on any atom is 0.265 e. The number of nitrogens with zero attached hydrogens (tertiary/aromatic N) is 1. The van der Waals surface area contributed by atoms with Crippen LogP contribution in [0, 0.1) is 0 Å². The number of amides is 1. The van der Waals surface area contributed by atoms with Gasteiger partial charge in [0.1, 0.15) is 5.75 Å². The van der Waals surface area contributed by atoms with Crippen LogP contribution in [-0.4, -0.2) is 32.7 Å². The average Bonchev–Trinajstić information content (AvgIpc) is 3.18. The zero-order chi connectivity index (χ0) is 17.4. The van der Waals surface area contributed by atoms with Crippen molar-refractivity contribution in [2.24, 2.45) is 0 Å². The fourth-order valence-corrected chi connectivity index (χ4v) is 4.76. The van der Waals surface area contributed by atoms with Crippen LogP contribution in [0.1, 0.15) is 12.0 Å². The Morgan fingerprint density at radius 2 is 1.88 bits per heavy atom. The number of benzene rings is 2. The molecule has 2 aliphatic heterocycles. The normalized spacial score (nSPS) is 20.8. The lowest BCUT2D eigenvalue weighted by Crippen LogP contribution is -2.31. The van der Waals surface area contributed by atoms with E-state index < -0.39 is 16.1 Å². The van der Waals surface area contributed by atoms with Crippen LogP contribution >= 0.6 is 0 Å². The van der Waals surface area contributed by atoms with Crippen LogP contribution in [0.3, 0.4) is 0 Å². The van der Waals surface area contributed by atoms with Crippen molar-refractivity contribution < 1.29 is 17.9 Å². The summed E-state index contributed by atoms with van der Waals surface area (Å²) in [6, 6.07) is 14.5. The maximum absolute atomic E-state index is 12.4. The molecule has 0 radical (unpaired) electrons. The van der Waals surface area contributed by atoms with Gasteiger partial charge >= 0.3 is 0 Å². The maximum atomic E-state index is 12.4. The van der Waals surface area contributed by atoms with Gasteiger partial charge in [0.25, 0.3) is 5.91 Å². The Bertz CT molecular complexity index is 884. The quantitative estimate of drug-likeness (QED) is 0.912. The molecule has 2 aliphatic rings. The largest absolute Gasteiger partial charge is 0.480 e. The second-order valence-electron chi connectivity index (χ2n) is 6.20. The van der Waals surface area contributed by atoms with Gasteiger partial charge < -0.3 is 10.1 Å². The fourth-order valence-electron chi connectivity index (χ4n) is 3.19. The summed E-state index contributed by atoms with van der Waals surface area (Å²) in [6.45, 7) is 0.502. The van der Waals surface area contributed by atoms with E-state index in [1.807, 2.05) is 24.3 Å². The average molecular weight is 358 g/mol. The first-order valence-electron chi connectivity index (χ1n) is 8.19. The molecule has 6 nitrogen and oxygen atoms in total. The molecule has 1 amide bonds. The highest BCUT2D eigenvalue weighted by Crippen LogP contribution is 2.29. The van der Waals surface area contributed by atoms with Crippen LogP contribution in [0.25, 0.3) is 0 Å². The Morgan fingerprint density at radius 1 is 1.12 bits per heavy atom. The molecular weight excluding hydrogens is 340 g/mol. The minimum Gasteiger partial charge on any atom is -0.480 e. The Hall–Kier alpha value is -2.54. The first kappa shape index (κ1) is 16.0. The number of hydrogen-bond acceptors (Lipinski definition) is 4. The summed E-state index contributed by atoms with van der Waals surface area (Å²) >= 11 is 0. The summed E-state index contributed by atoms with van der Waals surface area (Å²) in [5.74, 6) is 0.723. The Labute approximate surface area is 146 Å². The van der Waals surface area contributed by atoms with E-state index in [1.165, 1.54) is 4.31 Å². The first-order chi connectivity index (χ1) is 12.0. The lowest BCUT2D eigenvalue weighted by Gasteiger charge is -2.17. The van der Waals surface area contributed by atoms with Crippen molar-refractivity contribution in [3.63, 3.8) is 0 Å². The SMILES string of the molecule is O=C(Nc1ccc(N2CCCS2(=O)=O)cc1)[C@@H]1Cc2ccccc2O1. The third kappa shape index (κ3) is 3.07. The molecule has 7 heteroatoms. The molecule has 2 aromatic rings. The third-order valence-corrected chi connectivity index (χ3v) is 6.33. The molecule has 1 N–H and O–H groups in total. The third-order valence-electron chi connectivity index (χ3n) is 4.46. The molecule has 1 fully saturated rings. The molecule has 0 bridgehead atoms.